The fourth-order valence-corrected chi connectivity index (χ4v) is 2.53. The van der Waals surface area contributed by atoms with E-state index in [0.29, 0.717) is 11.5 Å². The minimum absolute atomic E-state index is 0.169. The van der Waals surface area contributed by atoms with E-state index < -0.39 is 11.9 Å². The molecule has 0 bridgehead atoms. The molecule has 0 heterocycles. The fraction of sp³-hybridized carbons (Fsp3) is 0.217. The largest absolute Gasteiger partial charge is 0.457 e. The van der Waals surface area contributed by atoms with Gasteiger partial charge in [0.05, 0.1) is 0 Å². The maximum absolute atomic E-state index is 11.0. The topological polar surface area (TPSA) is 71.1 Å². The van der Waals surface area contributed by atoms with Crippen LogP contribution in [-0.4, -0.2) is 25.5 Å². The smallest absolute Gasteiger partial charge is 0.333 e. The minimum atomic E-state index is -0.533. The van der Waals surface area contributed by atoms with Crippen LogP contribution in [0, 0.1) is 0 Å². The second kappa shape index (κ2) is 10.1. The van der Waals surface area contributed by atoms with Gasteiger partial charge in [-0.05, 0) is 35.4 Å². The second-order valence-corrected chi connectivity index (χ2v) is 6.53. The predicted molar refractivity (Wildman–Crippen MR) is 109 cm³/mol. The maximum Gasteiger partial charge on any atom is 0.333 e. The number of hydrogen-bond acceptors (Lipinski definition) is 6. The van der Waals surface area contributed by atoms with Gasteiger partial charge in [0, 0.05) is 17.6 Å². The number of carbonyl (C=O) groups is 2. The molecule has 0 aliphatic carbocycles. The molecule has 0 amide bonds. The number of carbonyl (C=O) groups excluding carboxylic acids is 2. The summed E-state index contributed by atoms with van der Waals surface area (Å²) in [6.07, 6.45) is 2.16. The maximum atomic E-state index is 11.0. The molecule has 0 radical (unpaired) electrons. The molecule has 29 heavy (non-hydrogen) atoms. The number of hydrogen-bond donors (Lipinski definition) is 0. The van der Waals surface area contributed by atoms with Crippen LogP contribution in [0.3, 0.4) is 0 Å². The Bertz CT molecular complexity index is 778. The Morgan fingerprint density at radius 1 is 0.759 bits per heavy atom. The van der Waals surface area contributed by atoms with Crippen LogP contribution in [0.2, 0.25) is 0 Å². The molecule has 0 saturated heterocycles. The van der Waals surface area contributed by atoms with Crippen LogP contribution >= 0.6 is 0 Å². The zero-order valence-electron chi connectivity index (χ0n) is 16.6. The lowest BCUT2D eigenvalue weighted by atomic mass is 9.78. The highest BCUT2D eigenvalue weighted by molar-refractivity contribution is 5.81. The molecule has 152 valence electrons. The molecular weight excluding hydrogens is 372 g/mol. The zero-order chi connectivity index (χ0) is 21.3. The van der Waals surface area contributed by atoms with Crippen molar-refractivity contribution in [1.82, 2.24) is 0 Å². The van der Waals surface area contributed by atoms with Crippen LogP contribution in [0.4, 0.5) is 0 Å². The van der Waals surface area contributed by atoms with Crippen LogP contribution in [0.1, 0.15) is 25.0 Å². The van der Waals surface area contributed by atoms with Crippen molar-refractivity contribution >= 4 is 11.9 Å². The summed E-state index contributed by atoms with van der Waals surface area (Å²) in [6, 6.07) is 15.1. The monoisotopic (exact) mass is 396 g/mol. The van der Waals surface area contributed by atoms with Gasteiger partial charge in [0.15, 0.2) is 0 Å². The minimum Gasteiger partial charge on any atom is -0.457 e. The van der Waals surface area contributed by atoms with E-state index in [1.807, 2.05) is 48.5 Å². The first kappa shape index (κ1) is 21.8. The number of benzene rings is 2. The van der Waals surface area contributed by atoms with Gasteiger partial charge in [-0.3, -0.25) is 0 Å². The van der Waals surface area contributed by atoms with Crippen molar-refractivity contribution in [1.29, 1.82) is 0 Å². The van der Waals surface area contributed by atoms with Gasteiger partial charge in [-0.2, -0.15) is 0 Å². The van der Waals surface area contributed by atoms with Crippen molar-refractivity contribution in [2.45, 2.75) is 19.3 Å². The Labute approximate surface area is 170 Å². The molecule has 2 aromatic rings. The summed E-state index contributed by atoms with van der Waals surface area (Å²) in [5, 5.41) is 0. The van der Waals surface area contributed by atoms with Gasteiger partial charge < -0.3 is 18.9 Å². The lowest BCUT2D eigenvalue weighted by Crippen LogP contribution is -2.18. The quantitative estimate of drug-likeness (QED) is 0.341. The van der Waals surface area contributed by atoms with E-state index in [1.54, 1.807) is 0 Å². The molecule has 2 aromatic carbocycles. The van der Waals surface area contributed by atoms with Gasteiger partial charge in [0.1, 0.15) is 11.5 Å². The highest BCUT2D eigenvalue weighted by atomic mass is 16.7. The molecule has 0 aliphatic heterocycles. The lowest BCUT2D eigenvalue weighted by molar-refractivity contribution is -0.145. The molecule has 0 aromatic heterocycles. The number of esters is 2. The van der Waals surface area contributed by atoms with Crippen molar-refractivity contribution in [2.75, 3.05) is 13.6 Å². The SMILES string of the molecule is C=CC(=O)OCOc1ccc(C(C)(C)c2ccc(OCOC(=O)C=C)cc2)cc1. The van der Waals surface area contributed by atoms with Gasteiger partial charge in [-0.25, -0.2) is 9.59 Å². The highest BCUT2D eigenvalue weighted by Crippen LogP contribution is 2.33. The zero-order valence-corrected chi connectivity index (χ0v) is 16.6. The molecular formula is C23H24O6. The van der Waals surface area contributed by atoms with Crippen LogP contribution in [0.15, 0.2) is 73.8 Å². The van der Waals surface area contributed by atoms with Gasteiger partial charge in [-0.15, -0.1) is 0 Å². The van der Waals surface area contributed by atoms with Crippen molar-refractivity contribution in [2.24, 2.45) is 0 Å². The van der Waals surface area contributed by atoms with Crippen molar-refractivity contribution in [3.05, 3.63) is 85.0 Å². The van der Waals surface area contributed by atoms with E-state index >= 15 is 0 Å². The van der Waals surface area contributed by atoms with E-state index in [9.17, 15) is 9.59 Å². The van der Waals surface area contributed by atoms with Crippen molar-refractivity contribution in [3.63, 3.8) is 0 Å². The predicted octanol–water partition coefficient (Wildman–Crippen LogP) is 4.14. The van der Waals surface area contributed by atoms with Crippen LogP contribution in [0.25, 0.3) is 0 Å². The van der Waals surface area contributed by atoms with Crippen molar-refractivity contribution < 1.29 is 28.5 Å². The average molecular weight is 396 g/mol. The third kappa shape index (κ3) is 6.24. The molecule has 0 spiro atoms. The highest BCUT2D eigenvalue weighted by Gasteiger charge is 2.23. The summed E-state index contributed by atoms with van der Waals surface area (Å²) in [4.78, 5) is 22.0. The summed E-state index contributed by atoms with van der Waals surface area (Å²) >= 11 is 0. The van der Waals surface area contributed by atoms with Crippen LogP contribution in [-0.2, 0) is 24.5 Å². The fourth-order valence-electron chi connectivity index (χ4n) is 2.53. The molecule has 0 aliphatic rings. The first-order valence-corrected chi connectivity index (χ1v) is 8.92. The summed E-state index contributed by atoms with van der Waals surface area (Å²) in [5.74, 6) is 0.126. The van der Waals surface area contributed by atoms with Gasteiger partial charge in [0.2, 0.25) is 13.6 Å². The summed E-state index contributed by atoms with van der Waals surface area (Å²) in [7, 11) is 0. The lowest BCUT2D eigenvalue weighted by Gasteiger charge is -2.26. The first-order chi connectivity index (χ1) is 13.9. The van der Waals surface area contributed by atoms with Gasteiger partial charge >= 0.3 is 11.9 Å². The molecule has 6 nitrogen and oxygen atoms in total. The van der Waals surface area contributed by atoms with Crippen LogP contribution in [0.5, 0.6) is 11.5 Å². The second-order valence-electron chi connectivity index (χ2n) is 6.53. The van der Waals surface area contributed by atoms with E-state index in [1.165, 1.54) is 0 Å². The van der Waals surface area contributed by atoms with Crippen molar-refractivity contribution in [3.8, 4) is 11.5 Å². The summed E-state index contributed by atoms with van der Waals surface area (Å²) in [5.41, 5.74) is 1.91. The third-order valence-electron chi connectivity index (χ3n) is 4.34. The molecule has 2 rings (SSSR count). The van der Waals surface area contributed by atoms with Crippen LogP contribution < -0.4 is 9.47 Å². The van der Waals surface area contributed by atoms with E-state index in [-0.39, 0.29) is 19.0 Å². The molecule has 0 atom stereocenters. The normalized spacial score (nSPS) is 10.6. The Morgan fingerprint density at radius 2 is 1.10 bits per heavy atom. The summed E-state index contributed by atoms with van der Waals surface area (Å²) < 4.78 is 20.4. The molecule has 0 saturated carbocycles. The molecule has 0 fully saturated rings. The number of ether oxygens (including phenoxy) is 4. The molecule has 0 unspecified atom stereocenters. The molecule has 0 N–H and O–H groups in total. The first-order valence-electron chi connectivity index (χ1n) is 8.92. The third-order valence-corrected chi connectivity index (χ3v) is 4.34. The molecule has 6 heteroatoms. The van der Waals surface area contributed by atoms with E-state index in [4.69, 9.17) is 18.9 Å². The van der Waals surface area contributed by atoms with Gasteiger partial charge in [0.25, 0.3) is 0 Å². The Balaban J connectivity index is 1.98. The Hall–Kier alpha value is -3.54. The van der Waals surface area contributed by atoms with Gasteiger partial charge in [-0.1, -0.05) is 51.3 Å². The van der Waals surface area contributed by atoms with E-state index in [0.717, 1.165) is 23.3 Å². The van der Waals surface area contributed by atoms with E-state index in [2.05, 4.69) is 27.0 Å². The number of rotatable bonds is 10. The summed E-state index contributed by atoms with van der Waals surface area (Å²) in [6.45, 7) is 10.5. The average Bonchev–Trinajstić information content (AvgIpc) is 2.74. The Kier molecular flexibility index (Phi) is 7.60. The Morgan fingerprint density at radius 3 is 1.41 bits per heavy atom. The standard InChI is InChI=1S/C23H24O6/c1-5-21(24)28-15-26-19-11-7-17(8-12-19)23(3,4)18-9-13-20(14-10-18)27-16-29-22(25)6-2/h5-14H,1-2,15-16H2,3-4H3.